The predicted octanol–water partition coefficient (Wildman–Crippen LogP) is -1.30. The molecule has 0 aliphatic heterocycles. The average Bonchev–Trinajstić information content (AvgIpc) is 0.722. The van der Waals surface area contributed by atoms with Gasteiger partial charge in [0.1, 0.15) is 0 Å². The molecule has 0 saturated heterocycles. The molecular weight excluding hydrogens is 159 g/mol. The first kappa shape index (κ1) is 16.1. The van der Waals surface area contributed by atoms with Crippen molar-refractivity contribution in [2.24, 2.45) is 0 Å². The van der Waals surface area contributed by atoms with Crippen LogP contribution in [0.5, 0.6) is 0 Å². The van der Waals surface area contributed by atoms with Crippen LogP contribution in [0.3, 0.4) is 0 Å². The summed E-state index contributed by atoms with van der Waals surface area (Å²) in [7, 11) is -4.67. The molecule has 0 fully saturated rings. The van der Waals surface area contributed by atoms with Gasteiger partial charge in [-0.05, 0) is 0 Å². The molecule has 42 valence electrons. The van der Waals surface area contributed by atoms with Crippen LogP contribution in [-0.2, 0) is 10.4 Å². The average molecular weight is 162 g/mol. The zero-order valence-electron chi connectivity index (χ0n) is 2.47. The monoisotopic (exact) mass is 162 g/mol. The van der Waals surface area contributed by atoms with Gasteiger partial charge in [-0.25, -0.2) is 0 Å². The summed E-state index contributed by atoms with van der Waals surface area (Å²) in [6, 6.07) is 0. The Hall–Kier alpha value is 2.13. The fourth-order valence-electron chi connectivity index (χ4n) is 0. The summed E-state index contributed by atoms with van der Waals surface area (Å²) in [5, 5.41) is 0. The van der Waals surface area contributed by atoms with Gasteiger partial charge in [0.2, 0.25) is 0 Å². The van der Waals surface area contributed by atoms with Crippen molar-refractivity contribution < 1.29 is 55.3 Å². The molecule has 0 saturated carbocycles. The summed E-state index contributed by atoms with van der Waals surface area (Å²) in [4.78, 5) is 0. The van der Waals surface area contributed by atoms with Gasteiger partial charge in [0, 0.05) is 37.7 Å². The minimum absolute atomic E-state index is 0. The van der Waals surface area contributed by atoms with Crippen molar-refractivity contribution in [3.05, 3.63) is 0 Å². The van der Waals surface area contributed by atoms with E-state index in [0.717, 1.165) is 0 Å². The Balaban J connectivity index is -0.0000000800. The summed E-state index contributed by atoms with van der Waals surface area (Å²) in [6.45, 7) is 0. The van der Waals surface area contributed by atoms with Crippen LogP contribution < -0.4 is 0 Å². The van der Waals surface area contributed by atoms with E-state index in [2.05, 4.69) is 0 Å². The van der Waals surface area contributed by atoms with E-state index < -0.39 is 10.4 Å². The fraction of sp³-hybridized carbons (Fsp3) is 0. The van der Waals surface area contributed by atoms with Crippen LogP contribution in [0.15, 0.2) is 0 Å². The summed E-state index contributed by atoms with van der Waals surface area (Å²) < 4.78 is 31.6. The topological polar surface area (TPSA) is 74.6 Å². The number of hydrogen-bond donors (Lipinski definition) is 2. The molecule has 0 atom stereocenters. The SMILES string of the molecule is O=S(=O)(O)O.[Ar].[NaH]. The first-order valence-electron chi connectivity index (χ1n) is 0.698. The van der Waals surface area contributed by atoms with Gasteiger partial charge >= 0.3 is 40.0 Å². The molecule has 0 unspecified atom stereocenters. The predicted molar refractivity (Wildman–Crippen MR) is 21.3 cm³/mol. The standard InChI is InChI=1S/Ar.Na.H2O4S.H/c;;1-5(2,3)4;/h;;(H2,1,2,3,4);. The van der Waals surface area contributed by atoms with Crippen molar-refractivity contribution in [2.45, 2.75) is 0 Å². The van der Waals surface area contributed by atoms with Gasteiger partial charge in [0.15, 0.2) is 0 Å². The van der Waals surface area contributed by atoms with E-state index in [1.165, 1.54) is 0 Å². The van der Waals surface area contributed by atoms with Crippen LogP contribution in [0, 0.1) is 37.7 Å². The van der Waals surface area contributed by atoms with Crippen LogP contribution in [-0.4, -0.2) is 47.1 Å². The summed E-state index contributed by atoms with van der Waals surface area (Å²) >= 11 is 0. The fourth-order valence-corrected chi connectivity index (χ4v) is 0. The molecule has 7 heteroatoms. The molecule has 7 heavy (non-hydrogen) atoms. The first-order valence-corrected chi connectivity index (χ1v) is 2.10. The van der Waals surface area contributed by atoms with E-state index >= 15 is 0 Å². The molecule has 0 aromatic carbocycles. The third-order valence-electron chi connectivity index (χ3n) is 0. The molecule has 0 aliphatic carbocycles. The number of hydrogen-bond acceptors (Lipinski definition) is 2. The zero-order chi connectivity index (χ0) is 4.50. The maximum atomic E-state index is 8.74. The van der Waals surface area contributed by atoms with Gasteiger partial charge in [0.05, 0.1) is 0 Å². The molecule has 0 amide bonds. The van der Waals surface area contributed by atoms with Crippen molar-refractivity contribution in [2.75, 3.05) is 0 Å². The zero-order valence-corrected chi connectivity index (χ0v) is 4.00. The number of rotatable bonds is 0. The van der Waals surface area contributed by atoms with Crippen molar-refractivity contribution in [3.8, 4) is 0 Å². The third-order valence-corrected chi connectivity index (χ3v) is 0. The molecule has 4 nitrogen and oxygen atoms in total. The van der Waals surface area contributed by atoms with Crippen LogP contribution in [0.4, 0.5) is 0 Å². The van der Waals surface area contributed by atoms with Crippen molar-refractivity contribution in [1.82, 2.24) is 0 Å². The van der Waals surface area contributed by atoms with Crippen LogP contribution >= 0.6 is 0 Å². The molecular formula is H3ArNaO4S. The molecule has 0 rings (SSSR count). The molecule has 0 spiro atoms. The molecule has 0 bridgehead atoms. The Morgan fingerprint density at radius 1 is 1.14 bits per heavy atom. The summed E-state index contributed by atoms with van der Waals surface area (Å²) in [5.41, 5.74) is 0. The van der Waals surface area contributed by atoms with Gasteiger partial charge in [-0.3, -0.25) is 9.11 Å². The molecule has 0 aliphatic rings. The Kier molecular flexibility index (Phi) is 14.3. The molecule has 0 aromatic rings. The third kappa shape index (κ3) is 67.3. The van der Waals surface area contributed by atoms with Crippen molar-refractivity contribution >= 4 is 40.0 Å². The normalized spacial score (nSPS) is 8.29. The molecule has 0 heterocycles. The second kappa shape index (κ2) is 6.25. The molecule has 0 aromatic heterocycles. The van der Waals surface area contributed by atoms with Crippen molar-refractivity contribution in [3.63, 3.8) is 0 Å². The van der Waals surface area contributed by atoms with E-state index in [1.807, 2.05) is 0 Å². The van der Waals surface area contributed by atoms with E-state index in [-0.39, 0.29) is 67.3 Å². The Morgan fingerprint density at radius 3 is 1.14 bits per heavy atom. The Bertz CT molecular complexity index is 94.9. The minimum atomic E-state index is -4.67. The van der Waals surface area contributed by atoms with Gasteiger partial charge in [-0.15, -0.1) is 0 Å². The van der Waals surface area contributed by atoms with E-state index in [9.17, 15) is 0 Å². The van der Waals surface area contributed by atoms with E-state index in [4.69, 9.17) is 17.5 Å². The first-order chi connectivity index (χ1) is 2.00. The van der Waals surface area contributed by atoms with Crippen molar-refractivity contribution in [1.29, 1.82) is 0 Å². The van der Waals surface area contributed by atoms with E-state index in [1.54, 1.807) is 0 Å². The van der Waals surface area contributed by atoms with Gasteiger partial charge < -0.3 is 0 Å². The molecule has 2 N–H and O–H groups in total. The second-order valence-electron chi connectivity index (χ2n) is 0.448. The second-order valence-corrected chi connectivity index (χ2v) is 1.34. The Morgan fingerprint density at radius 2 is 1.14 bits per heavy atom. The van der Waals surface area contributed by atoms with E-state index in [0.29, 0.717) is 0 Å². The van der Waals surface area contributed by atoms with Gasteiger partial charge in [0.25, 0.3) is 0 Å². The summed E-state index contributed by atoms with van der Waals surface area (Å²) in [5.74, 6) is 0. The van der Waals surface area contributed by atoms with Crippen LogP contribution in [0.25, 0.3) is 0 Å². The maximum absolute atomic E-state index is 8.74. The van der Waals surface area contributed by atoms with Crippen LogP contribution in [0.2, 0.25) is 0 Å². The summed E-state index contributed by atoms with van der Waals surface area (Å²) in [6.07, 6.45) is 0. The van der Waals surface area contributed by atoms with Crippen LogP contribution in [0.1, 0.15) is 0 Å². The van der Waals surface area contributed by atoms with Gasteiger partial charge in [-0.1, -0.05) is 0 Å². The Labute approximate surface area is 93.5 Å². The molecule has 0 radical (unpaired) electrons. The van der Waals surface area contributed by atoms with Gasteiger partial charge in [-0.2, -0.15) is 8.42 Å². The quantitative estimate of drug-likeness (QED) is 0.343.